The van der Waals surface area contributed by atoms with E-state index >= 15 is 0 Å². The fourth-order valence-corrected chi connectivity index (χ4v) is 1.39. The highest BCUT2D eigenvalue weighted by molar-refractivity contribution is 4.93. The lowest BCUT2D eigenvalue weighted by molar-refractivity contribution is 0.0816. The molecule has 0 saturated heterocycles. The average molecular weight is 250 g/mol. The number of unbranched alkanes of at least 4 members (excludes halogenated alkanes) is 1. The van der Waals surface area contributed by atoms with Crippen molar-refractivity contribution in [3.8, 4) is 0 Å². The molecule has 0 saturated carbocycles. The second kappa shape index (κ2) is 10.7. The van der Waals surface area contributed by atoms with Crippen LogP contribution in [0.1, 0.15) is 32.6 Å². The third kappa shape index (κ3) is 11.0. The molecule has 0 atom stereocenters. The van der Waals surface area contributed by atoms with Crippen molar-refractivity contribution in [2.75, 3.05) is 13.8 Å². The molecule has 0 aliphatic rings. The van der Waals surface area contributed by atoms with Crippen LogP contribution < -0.4 is 5.43 Å². The molecule has 0 bridgehead atoms. The van der Waals surface area contributed by atoms with E-state index in [1.54, 1.807) is 18.4 Å². The van der Waals surface area contributed by atoms with Crippen molar-refractivity contribution in [1.29, 1.82) is 0 Å². The molecule has 0 rings (SSSR count). The maximum atomic E-state index is 5.25. The summed E-state index contributed by atoms with van der Waals surface area (Å²) in [5, 5.41) is 1.86. The van der Waals surface area contributed by atoms with Crippen LogP contribution in [0.2, 0.25) is 0 Å². The van der Waals surface area contributed by atoms with Gasteiger partial charge in [0.2, 0.25) is 0 Å². The van der Waals surface area contributed by atoms with E-state index in [1.165, 1.54) is 12.0 Å². The highest BCUT2D eigenvalue weighted by Gasteiger charge is 1.99. The van der Waals surface area contributed by atoms with Gasteiger partial charge >= 0.3 is 0 Å². The molecule has 0 aliphatic carbocycles. The smallest absolute Gasteiger partial charge is 0.157 e. The van der Waals surface area contributed by atoms with Gasteiger partial charge in [-0.2, -0.15) is 5.01 Å². The number of ether oxygens (including phenoxy) is 1. The van der Waals surface area contributed by atoms with Crippen LogP contribution in [-0.4, -0.2) is 18.8 Å². The van der Waals surface area contributed by atoms with Gasteiger partial charge in [-0.25, -0.2) is 0 Å². The summed E-state index contributed by atoms with van der Waals surface area (Å²) < 4.78 is 5.25. The lowest BCUT2D eigenvalue weighted by Gasteiger charge is -2.20. The molecule has 0 amide bonds. The van der Waals surface area contributed by atoms with Gasteiger partial charge in [0.15, 0.2) is 6.73 Å². The molecule has 0 fully saturated rings. The van der Waals surface area contributed by atoms with Gasteiger partial charge < -0.3 is 10.2 Å². The van der Waals surface area contributed by atoms with Crippen LogP contribution in [0.5, 0.6) is 0 Å². The molecule has 3 heteroatoms. The zero-order valence-electron chi connectivity index (χ0n) is 11.7. The highest BCUT2D eigenvalue weighted by atomic mass is 16.5. The number of nitrogens with zero attached hydrogens (tertiary/aromatic N) is 1. The van der Waals surface area contributed by atoms with Crippen LogP contribution in [0.4, 0.5) is 0 Å². The Bertz CT molecular complexity index is 295. The predicted molar refractivity (Wildman–Crippen MR) is 78.6 cm³/mol. The largest absolute Gasteiger partial charge is 0.484 e. The van der Waals surface area contributed by atoms with Gasteiger partial charge in [0, 0.05) is 12.7 Å². The first-order chi connectivity index (χ1) is 8.56. The van der Waals surface area contributed by atoms with Gasteiger partial charge in [-0.3, -0.25) is 0 Å². The van der Waals surface area contributed by atoms with E-state index in [2.05, 4.69) is 32.1 Å². The lowest BCUT2D eigenvalue weighted by atomic mass is 10.1. The third-order valence-electron chi connectivity index (χ3n) is 2.26. The summed E-state index contributed by atoms with van der Waals surface area (Å²) in [5.74, 6) is 0. The molecule has 102 valence electrons. The first-order valence-corrected chi connectivity index (χ1v) is 6.25. The molecule has 18 heavy (non-hydrogen) atoms. The first kappa shape index (κ1) is 16.5. The number of allylic oxidation sites excluding steroid dienone is 4. The number of nitrogens with one attached hydrogen (secondary N) is 1. The normalized spacial score (nSPS) is 10.6. The van der Waals surface area contributed by atoms with Crippen LogP contribution >= 0.6 is 0 Å². The molecule has 0 aliphatic heterocycles. The zero-order valence-corrected chi connectivity index (χ0v) is 11.7. The molecule has 3 nitrogen and oxygen atoms in total. The number of rotatable bonds is 11. The summed E-state index contributed by atoms with van der Waals surface area (Å²) >= 11 is 0. The van der Waals surface area contributed by atoms with Crippen molar-refractivity contribution in [2.24, 2.45) is 0 Å². The molecule has 0 radical (unpaired) electrons. The van der Waals surface area contributed by atoms with Crippen LogP contribution in [0.15, 0.2) is 49.4 Å². The Hall–Kier alpha value is -1.48. The van der Waals surface area contributed by atoms with E-state index < -0.39 is 0 Å². The van der Waals surface area contributed by atoms with Crippen molar-refractivity contribution in [3.05, 3.63) is 49.4 Å². The Morgan fingerprint density at radius 2 is 1.94 bits per heavy atom. The number of hydrogen-bond acceptors (Lipinski definition) is 3. The molecule has 0 heterocycles. The molecule has 0 aromatic heterocycles. The summed E-state index contributed by atoms with van der Waals surface area (Å²) in [5.41, 5.74) is 5.43. The van der Waals surface area contributed by atoms with E-state index in [4.69, 9.17) is 4.74 Å². The van der Waals surface area contributed by atoms with Gasteiger partial charge in [0.05, 0.1) is 6.26 Å². The van der Waals surface area contributed by atoms with Crippen molar-refractivity contribution in [3.63, 3.8) is 0 Å². The minimum Gasteiger partial charge on any atom is -0.484 e. The molecule has 0 unspecified atom stereocenters. The standard InChI is InChI=1S/C15H26N2O/c1-6-7-12-18-13-17(5)16-15(4)11-9-8-10-14(2)3/h6-7,12,16H,1-2,4,8-11,13H2,3,5H3/b12-7-. The first-order valence-electron chi connectivity index (χ1n) is 6.25. The summed E-state index contributed by atoms with van der Waals surface area (Å²) in [6.45, 7) is 14.0. The molecule has 0 aromatic carbocycles. The Morgan fingerprint density at radius 3 is 2.56 bits per heavy atom. The van der Waals surface area contributed by atoms with Gasteiger partial charge in [0.1, 0.15) is 0 Å². The molecule has 1 N–H and O–H groups in total. The van der Waals surface area contributed by atoms with Crippen molar-refractivity contribution >= 4 is 0 Å². The van der Waals surface area contributed by atoms with Gasteiger partial charge in [-0.1, -0.05) is 24.8 Å². The van der Waals surface area contributed by atoms with E-state index in [0.29, 0.717) is 6.73 Å². The van der Waals surface area contributed by atoms with Crippen LogP contribution in [0.3, 0.4) is 0 Å². The molecule has 0 aromatic rings. The third-order valence-corrected chi connectivity index (χ3v) is 2.26. The molecule has 0 spiro atoms. The lowest BCUT2D eigenvalue weighted by Crippen LogP contribution is -2.34. The van der Waals surface area contributed by atoms with E-state index in [9.17, 15) is 0 Å². The molecular formula is C15H26N2O. The van der Waals surface area contributed by atoms with Crippen LogP contribution in [-0.2, 0) is 4.74 Å². The maximum absolute atomic E-state index is 5.25. The summed E-state index contributed by atoms with van der Waals surface area (Å²) in [4.78, 5) is 0. The summed E-state index contributed by atoms with van der Waals surface area (Å²) in [7, 11) is 1.92. The van der Waals surface area contributed by atoms with Gasteiger partial charge in [-0.15, -0.1) is 6.58 Å². The SMILES string of the molecule is C=C/C=C\OCN(C)NC(=C)CCCCC(=C)C. The minimum absolute atomic E-state index is 0.467. The van der Waals surface area contributed by atoms with Crippen molar-refractivity contribution in [1.82, 2.24) is 10.4 Å². The number of hydrazine groups is 1. The quantitative estimate of drug-likeness (QED) is 0.151. The van der Waals surface area contributed by atoms with E-state index in [-0.39, 0.29) is 0 Å². The summed E-state index contributed by atoms with van der Waals surface area (Å²) in [6.07, 6.45) is 9.40. The highest BCUT2D eigenvalue weighted by Crippen LogP contribution is 2.09. The average Bonchev–Trinajstić information content (AvgIpc) is 2.30. The second-order valence-electron chi connectivity index (χ2n) is 4.44. The van der Waals surface area contributed by atoms with Gasteiger partial charge in [0.25, 0.3) is 0 Å². The Morgan fingerprint density at radius 1 is 1.28 bits per heavy atom. The van der Waals surface area contributed by atoms with Crippen molar-refractivity contribution in [2.45, 2.75) is 32.6 Å². The second-order valence-corrected chi connectivity index (χ2v) is 4.44. The Labute approximate surface area is 111 Å². The van der Waals surface area contributed by atoms with Gasteiger partial charge in [-0.05, 0) is 38.7 Å². The fourth-order valence-electron chi connectivity index (χ4n) is 1.39. The fraction of sp³-hybridized carbons (Fsp3) is 0.467. The van der Waals surface area contributed by atoms with Crippen molar-refractivity contribution < 1.29 is 4.74 Å². The Kier molecular flexibility index (Phi) is 9.78. The minimum atomic E-state index is 0.467. The zero-order chi connectivity index (χ0) is 13.8. The summed E-state index contributed by atoms with van der Waals surface area (Å²) in [6, 6.07) is 0. The maximum Gasteiger partial charge on any atom is 0.157 e. The Balaban J connectivity index is 3.57. The van der Waals surface area contributed by atoms with E-state index in [1.807, 2.05) is 12.1 Å². The van der Waals surface area contributed by atoms with Crippen LogP contribution in [0.25, 0.3) is 0 Å². The predicted octanol–water partition coefficient (Wildman–Crippen LogP) is 3.75. The topological polar surface area (TPSA) is 24.5 Å². The monoisotopic (exact) mass is 250 g/mol. The van der Waals surface area contributed by atoms with Crippen LogP contribution in [0, 0.1) is 0 Å². The number of hydrogen-bond donors (Lipinski definition) is 1. The van der Waals surface area contributed by atoms with E-state index in [0.717, 1.165) is 25.0 Å². The molecular weight excluding hydrogens is 224 g/mol.